The van der Waals surface area contributed by atoms with Gasteiger partial charge in [0.1, 0.15) is 17.0 Å². The molecule has 8 nitrogen and oxygen atoms in total. The first kappa shape index (κ1) is 23.6. The second-order valence-electron chi connectivity index (χ2n) is 8.62. The number of nitrogens with zero attached hydrogens (tertiary/aromatic N) is 4. The number of benzene rings is 2. The van der Waals surface area contributed by atoms with Crippen molar-refractivity contribution >= 4 is 40.4 Å². The SMILES string of the molecule is Cc1cccc(Cl)c1C(=O)n1nc(-c2ccc(C(=O)O)cc2F)c2ncc(CC(=O)N3CCC3)cc21. The maximum absolute atomic E-state index is 15.0. The van der Waals surface area contributed by atoms with Crippen LogP contribution in [0.25, 0.3) is 22.3 Å². The average Bonchev–Trinajstić information content (AvgIpc) is 3.16. The first-order valence-corrected chi connectivity index (χ1v) is 11.6. The standard InChI is InChI=1S/C26H20ClFN4O4/c1-14-4-2-5-18(27)22(14)25(34)32-20-10-15(11-21(33)31-8-3-9-31)13-29-24(20)23(30-32)17-7-6-16(26(35)36)12-19(17)28/h2,4-7,10,12-13H,3,8-9,11H2,1H3,(H,35,36). The van der Waals surface area contributed by atoms with Crippen molar-refractivity contribution in [3.63, 3.8) is 0 Å². The van der Waals surface area contributed by atoms with Crippen molar-refractivity contribution in [2.45, 2.75) is 19.8 Å². The largest absolute Gasteiger partial charge is 0.478 e. The van der Waals surface area contributed by atoms with Crippen LogP contribution >= 0.6 is 11.6 Å². The highest BCUT2D eigenvalue weighted by Gasteiger charge is 2.25. The average molecular weight is 507 g/mol. The Kier molecular flexibility index (Phi) is 6.01. The molecule has 5 rings (SSSR count). The van der Waals surface area contributed by atoms with Crippen LogP contribution in [0.4, 0.5) is 4.39 Å². The van der Waals surface area contributed by atoms with E-state index in [1.807, 2.05) is 0 Å². The highest BCUT2D eigenvalue weighted by molar-refractivity contribution is 6.34. The number of carboxylic acid groups (broad SMARTS) is 1. The van der Waals surface area contributed by atoms with Gasteiger partial charge in [-0.1, -0.05) is 23.7 Å². The van der Waals surface area contributed by atoms with Gasteiger partial charge in [0.15, 0.2) is 0 Å². The summed E-state index contributed by atoms with van der Waals surface area (Å²) in [5, 5.41) is 13.8. The van der Waals surface area contributed by atoms with Gasteiger partial charge in [0.25, 0.3) is 5.91 Å². The number of carbonyl (C=O) groups is 3. The molecule has 1 saturated heterocycles. The summed E-state index contributed by atoms with van der Waals surface area (Å²) in [6.45, 7) is 3.17. The van der Waals surface area contributed by atoms with E-state index >= 15 is 0 Å². The van der Waals surface area contributed by atoms with Crippen molar-refractivity contribution in [1.82, 2.24) is 19.7 Å². The molecule has 0 spiro atoms. The molecule has 1 aliphatic rings. The quantitative estimate of drug-likeness (QED) is 0.431. The fourth-order valence-electron chi connectivity index (χ4n) is 4.17. The van der Waals surface area contributed by atoms with Crippen LogP contribution in [-0.4, -0.2) is 55.6 Å². The molecule has 2 aromatic carbocycles. The third kappa shape index (κ3) is 4.11. The van der Waals surface area contributed by atoms with E-state index < -0.39 is 17.7 Å². The molecule has 0 bridgehead atoms. The van der Waals surface area contributed by atoms with Gasteiger partial charge in [0.05, 0.1) is 28.1 Å². The Labute approximate surface area is 209 Å². The lowest BCUT2D eigenvalue weighted by Crippen LogP contribution is -2.42. The number of aromatic nitrogens is 3. The molecule has 10 heteroatoms. The molecule has 1 amide bonds. The molecule has 0 saturated carbocycles. The zero-order chi connectivity index (χ0) is 25.6. The second-order valence-corrected chi connectivity index (χ2v) is 9.03. The van der Waals surface area contributed by atoms with Gasteiger partial charge in [-0.15, -0.1) is 0 Å². The molecule has 1 N–H and O–H groups in total. The van der Waals surface area contributed by atoms with Crippen molar-refractivity contribution in [3.8, 4) is 11.3 Å². The Morgan fingerprint density at radius 1 is 1.14 bits per heavy atom. The van der Waals surface area contributed by atoms with E-state index in [0.29, 0.717) is 24.2 Å². The number of aromatic carboxylic acids is 1. The molecule has 0 radical (unpaired) electrons. The molecule has 2 aromatic heterocycles. The van der Waals surface area contributed by atoms with Crippen molar-refractivity contribution in [3.05, 3.63) is 81.8 Å². The minimum absolute atomic E-state index is 0.00987. The normalized spacial score (nSPS) is 13.0. The van der Waals surface area contributed by atoms with Gasteiger partial charge in [0.2, 0.25) is 5.91 Å². The summed E-state index contributed by atoms with van der Waals surface area (Å²) >= 11 is 6.34. The summed E-state index contributed by atoms with van der Waals surface area (Å²) in [6.07, 6.45) is 2.58. The number of carboxylic acids is 1. The van der Waals surface area contributed by atoms with Crippen LogP contribution in [0.5, 0.6) is 0 Å². The monoisotopic (exact) mass is 506 g/mol. The van der Waals surface area contributed by atoms with E-state index in [0.717, 1.165) is 17.2 Å². The first-order valence-electron chi connectivity index (χ1n) is 11.2. The number of pyridine rings is 1. The Balaban J connectivity index is 1.67. The molecule has 0 unspecified atom stereocenters. The van der Waals surface area contributed by atoms with Crippen LogP contribution in [0.3, 0.4) is 0 Å². The van der Waals surface area contributed by atoms with Crippen LogP contribution in [0.15, 0.2) is 48.7 Å². The lowest BCUT2D eigenvalue weighted by molar-refractivity contribution is -0.133. The molecular weight excluding hydrogens is 487 g/mol. The minimum Gasteiger partial charge on any atom is -0.478 e. The summed E-state index contributed by atoms with van der Waals surface area (Å²) in [7, 11) is 0. The number of likely N-dealkylation sites (tertiary alicyclic amines) is 1. The lowest BCUT2D eigenvalue weighted by atomic mass is 10.1. The zero-order valence-electron chi connectivity index (χ0n) is 19.2. The highest BCUT2D eigenvalue weighted by Crippen LogP contribution is 2.31. The molecule has 0 aliphatic carbocycles. The summed E-state index contributed by atoms with van der Waals surface area (Å²) in [5.41, 5.74) is 1.80. The van der Waals surface area contributed by atoms with Gasteiger partial charge in [-0.2, -0.15) is 9.78 Å². The van der Waals surface area contributed by atoms with Gasteiger partial charge >= 0.3 is 5.97 Å². The summed E-state index contributed by atoms with van der Waals surface area (Å²) in [5.74, 6) is -2.67. The predicted molar refractivity (Wildman–Crippen MR) is 131 cm³/mol. The first-order chi connectivity index (χ1) is 17.2. The highest BCUT2D eigenvalue weighted by atomic mass is 35.5. The van der Waals surface area contributed by atoms with E-state index in [1.165, 1.54) is 18.3 Å². The minimum atomic E-state index is -1.27. The van der Waals surface area contributed by atoms with Crippen LogP contribution in [0.2, 0.25) is 5.02 Å². The van der Waals surface area contributed by atoms with Gasteiger partial charge in [-0.05, 0) is 54.8 Å². The van der Waals surface area contributed by atoms with Crippen LogP contribution in [0, 0.1) is 12.7 Å². The smallest absolute Gasteiger partial charge is 0.335 e. The molecule has 182 valence electrons. The second kappa shape index (κ2) is 9.16. The summed E-state index contributed by atoms with van der Waals surface area (Å²) < 4.78 is 16.1. The summed E-state index contributed by atoms with van der Waals surface area (Å²) in [6, 6.07) is 10.1. The van der Waals surface area contributed by atoms with E-state index in [-0.39, 0.29) is 50.8 Å². The summed E-state index contributed by atoms with van der Waals surface area (Å²) in [4.78, 5) is 43.5. The van der Waals surface area contributed by atoms with Gasteiger partial charge < -0.3 is 10.0 Å². The van der Waals surface area contributed by atoms with Crippen molar-refractivity contribution < 1.29 is 23.9 Å². The van der Waals surface area contributed by atoms with E-state index in [4.69, 9.17) is 11.6 Å². The molecule has 4 aromatic rings. The number of amides is 1. The van der Waals surface area contributed by atoms with Crippen LogP contribution in [0.1, 0.15) is 38.3 Å². The number of hydrogen-bond donors (Lipinski definition) is 1. The fourth-order valence-corrected chi connectivity index (χ4v) is 4.48. The maximum atomic E-state index is 15.0. The Hall–Kier alpha value is -4.11. The zero-order valence-corrected chi connectivity index (χ0v) is 19.9. The van der Waals surface area contributed by atoms with Crippen LogP contribution in [-0.2, 0) is 11.2 Å². The van der Waals surface area contributed by atoms with E-state index in [1.54, 1.807) is 36.1 Å². The third-order valence-electron chi connectivity index (χ3n) is 6.24. The number of carbonyl (C=O) groups excluding carboxylic acids is 2. The molecule has 1 aliphatic heterocycles. The van der Waals surface area contributed by atoms with Crippen molar-refractivity contribution in [2.75, 3.05) is 13.1 Å². The number of aryl methyl sites for hydroxylation is 1. The Morgan fingerprint density at radius 3 is 2.56 bits per heavy atom. The fraction of sp³-hybridized carbons (Fsp3) is 0.192. The topological polar surface area (TPSA) is 105 Å². The van der Waals surface area contributed by atoms with Gasteiger partial charge in [0, 0.05) is 24.8 Å². The number of halogens is 2. The van der Waals surface area contributed by atoms with Crippen molar-refractivity contribution in [1.29, 1.82) is 0 Å². The third-order valence-corrected chi connectivity index (χ3v) is 6.56. The van der Waals surface area contributed by atoms with Crippen molar-refractivity contribution in [2.24, 2.45) is 0 Å². The molecule has 1 fully saturated rings. The number of hydrogen-bond acceptors (Lipinski definition) is 5. The lowest BCUT2D eigenvalue weighted by Gasteiger charge is -2.30. The maximum Gasteiger partial charge on any atom is 0.335 e. The molecular formula is C26H20ClFN4O4. The van der Waals surface area contributed by atoms with Gasteiger partial charge in [-0.3, -0.25) is 14.6 Å². The molecule has 0 atom stereocenters. The van der Waals surface area contributed by atoms with Gasteiger partial charge in [-0.25, -0.2) is 9.18 Å². The van der Waals surface area contributed by atoms with E-state index in [9.17, 15) is 23.9 Å². The molecule has 36 heavy (non-hydrogen) atoms. The Bertz CT molecular complexity index is 1540. The predicted octanol–water partition coefficient (Wildman–Crippen LogP) is 4.36. The Morgan fingerprint density at radius 2 is 1.92 bits per heavy atom. The van der Waals surface area contributed by atoms with E-state index in [2.05, 4.69) is 10.1 Å². The van der Waals surface area contributed by atoms with Crippen LogP contribution < -0.4 is 0 Å². The number of rotatable bonds is 5. The molecule has 3 heterocycles. The number of fused-ring (bicyclic) bond motifs is 1.